The van der Waals surface area contributed by atoms with Gasteiger partial charge in [-0.3, -0.25) is 4.79 Å². The van der Waals surface area contributed by atoms with Crippen LogP contribution in [0.2, 0.25) is 0 Å². The lowest BCUT2D eigenvalue weighted by Gasteiger charge is -2.30. The average molecular weight is 233 g/mol. The Bertz CT molecular complexity index is 424. The molecule has 92 valence electrons. The monoisotopic (exact) mass is 233 g/mol. The summed E-state index contributed by atoms with van der Waals surface area (Å²) in [5, 5.41) is 9.60. The van der Waals surface area contributed by atoms with Crippen molar-refractivity contribution in [2.45, 2.75) is 26.2 Å². The molecule has 17 heavy (non-hydrogen) atoms. The van der Waals surface area contributed by atoms with Crippen molar-refractivity contribution in [3.8, 4) is 5.75 Å². The summed E-state index contributed by atoms with van der Waals surface area (Å²) in [6.45, 7) is 2.60. The number of nitrogens with zero attached hydrogens (tertiary/aromatic N) is 1. The first-order valence-electron chi connectivity index (χ1n) is 6.13. The fourth-order valence-electron chi connectivity index (χ4n) is 2.21. The quantitative estimate of drug-likeness (QED) is 0.871. The maximum Gasteiger partial charge on any atom is 0.254 e. The Morgan fingerprint density at radius 2 is 2.18 bits per heavy atom. The Kier molecular flexibility index (Phi) is 3.36. The van der Waals surface area contributed by atoms with Gasteiger partial charge < -0.3 is 10.0 Å². The molecule has 0 aliphatic heterocycles. The molecule has 1 aliphatic rings. The van der Waals surface area contributed by atoms with Crippen LogP contribution >= 0.6 is 0 Å². The molecule has 1 aromatic rings. The fraction of sp³-hybridized carbons (Fsp3) is 0.500. The molecule has 0 heterocycles. The maximum absolute atomic E-state index is 12.2. The highest BCUT2D eigenvalue weighted by molar-refractivity contribution is 5.96. The first-order valence-corrected chi connectivity index (χ1v) is 6.13. The lowest BCUT2D eigenvalue weighted by molar-refractivity contribution is 0.0744. The van der Waals surface area contributed by atoms with Gasteiger partial charge in [0, 0.05) is 24.7 Å². The molecule has 1 saturated carbocycles. The number of benzene rings is 1. The molecule has 0 aromatic heterocycles. The van der Waals surface area contributed by atoms with Gasteiger partial charge in [0.25, 0.3) is 5.91 Å². The molecule has 0 radical (unpaired) electrons. The van der Waals surface area contributed by atoms with Crippen molar-refractivity contribution in [2.24, 2.45) is 5.92 Å². The van der Waals surface area contributed by atoms with Crippen molar-refractivity contribution in [1.29, 1.82) is 0 Å². The molecule has 0 atom stereocenters. The lowest BCUT2D eigenvalue weighted by Crippen LogP contribution is -2.34. The summed E-state index contributed by atoms with van der Waals surface area (Å²) in [5.74, 6) is 0.861. The summed E-state index contributed by atoms with van der Waals surface area (Å²) in [4.78, 5) is 14.0. The van der Waals surface area contributed by atoms with Gasteiger partial charge in [0.15, 0.2) is 0 Å². The molecule has 1 aliphatic carbocycles. The number of amides is 1. The van der Waals surface area contributed by atoms with Crippen LogP contribution in [-0.4, -0.2) is 29.5 Å². The van der Waals surface area contributed by atoms with Gasteiger partial charge in [0.1, 0.15) is 5.75 Å². The van der Waals surface area contributed by atoms with E-state index in [0.717, 1.165) is 6.54 Å². The number of rotatable bonds is 3. The largest absolute Gasteiger partial charge is 0.508 e. The molecule has 3 heteroatoms. The van der Waals surface area contributed by atoms with Crippen molar-refractivity contribution in [3.05, 3.63) is 29.3 Å². The Labute approximate surface area is 102 Å². The Morgan fingerprint density at radius 1 is 1.47 bits per heavy atom. The summed E-state index contributed by atoms with van der Waals surface area (Å²) >= 11 is 0. The first-order chi connectivity index (χ1) is 8.09. The number of carbonyl (C=O) groups excluding carboxylic acids is 1. The lowest BCUT2D eigenvalue weighted by atomic mass is 9.85. The molecule has 2 rings (SSSR count). The average Bonchev–Trinajstić information content (AvgIpc) is 2.26. The number of hydrogen-bond donors (Lipinski definition) is 1. The van der Waals surface area contributed by atoms with E-state index in [1.54, 1.807) is 30.0 Å². The standard InChI is InChI=1S/C14H19NO2/c1-10-12(7-4-8-13(10)16)14(17)15(2)9-11-5-3-6-11/h4,7-8,11,16H,3,5-6,9H2,1-2H3. The highest BCUT2D eigenvalue weighted by Crippen LogP contribution is 2.27. The number of carbonyl (C=O) groups is 1. The van der Waals surface area contributed by atoms with Gasteiger partial charge in [0.2, 0.25) is 0 Å². The number of phenolic OH excluding ortho intramolecular Hbond substituents is 1. The van der Waals surface area contributed by atoms with Crippen LogP contribution in [0.25, 0.3) is 0 Å². The van der Waals surface area contributed by atoms with Gasteiger partial charge in [-0.15, -0.1) is 0 Å². The van der Waals surface area contributed by atoms with E-state index in [-0.39, 0.29) is 11.7 Å². The molecular formula is C14H19NO2. The summed E-state index contributed by atoms with van der Waals surface area (Å²) in [6.07, 6.45) is 3.76. The van der Waals surface area contributed by atoms with E-state index in [9.17, 15) is 9.90 Å². The fourth-order valence-corrected chi connectivity index (χ4v) is 2.21. The van der Waals surface area contributed by atoms with Crippen LogP contribution in [-0.2, 0) is 0 Å². The highest BCUT2D eigenvalue weighted by atomic mass is 16.3. The minimum atomic E-state index is 0.00491. The second-order valence-electron chi connectivity index (χ2n) is 4.93. The van der Waals surface area contributed by atoms with Crippen LogP contribution in [0, 0.1) is 12.8 Å². The molecule has 1 fully saturated rings. The van der Waals surface area contributed by atoms with Crippen molar-refractivity contribution in [3.63, 3.8) is 0 Å². The van der Waals surface area contributed by atoms with Crippen molar-refractivity contribution in [2.75, 3.05) is 13.6 Å². The normalized spacial score (nSPS) is 15.4. The van der Waals surface area contributed by atoms with Crippen LogP contribution < -0.4 is 0 Å². The molecule has 1 aromatic carbocycles. The number of hydrogen-bond acceptors (Lipinski definition) is 2. The second kappa shape index (κ2) is 4.78. The van der Waals surface area contributed by atoms with E-state index in [2.05, 4.69) is 0 Å². The van der Waals surface area contributed by atoms with E-state index >= 15 is 0 Å². The van der Waals surface area contributed by atoms with E-state index in [1.165, 1.54) is 19.3 Å². The summed E-state index contributed by atoms with van der Waals surface area (Å²) < 4.78 is 0. The van der Waals surface area contributed by atoms with Gasteiger partial charge in [-0.2, -0.15) is 0 Å². The van der Waals surface area contributed by atoms with E-state index in [1.807, 2.05) is 7.05 Å². The smallest absolute Gasteiger partial charge is 0.254 e. The molecule has 0 spiro atoms. The molecule has 0 unspecified atom stereocenters. The minimum Gasteiger partial charge on any atom is -0.508 e. The predicted octanol–water partition coefficient (Wildman–Crippen LogP) is 2.57. The van der Waals surface area contributed by atoms with E-state index < -0.39 is 0 Å². The predicted molar refractivity (Wildman–Crippen MR) is 67.1 cm³/mol. The zero-order valence-corrected chi connectivity index (χ0v) is 10.4. The van der Waals surface area contributed by atoms with E-state index in [0.29, 0.717) is 17.0 Å². The Hall–Kier alpha value is -1.51. The molecule has 1 N–H and O–H groups in total. The van der Waals surface area contributed by atoms with Crippen LogP contribution in [0.5, 0.6) is 5.75 Å². The zero-order valence-electron chi connectivity index (χ0n) is 10.4. The summed E-state index contributed by atoms with van der Waals surface area (Å²) in [5.41, 5.74) is 1.27. The number of aromatic hydroxyl groups is 1. The van der Waals surface area contributed by atoms with Crippen LogP contribution in [0.15, 0.2) is 18.2 Å². The Morgan fingerprint density at radius 3 is 2.76 bits per heavy atom. The number of phenols is 1. The third-order valence-electron chi connectivity index (χ3n) is 3.64. The van der Waals surface area contributed by atoms with Gasteiger partial charge in [-0.1, -0.05) is 12.5 Å². The summed E-state index contributed by atoms with van der Waals surface area (Å²) in [7, 11) is 1.84. The summed E-state index contributed by atoms with van der Waals surface area (Å²) in [6, 6.07) is 5.10. The third kappa shape index (κ3) is 2.43. The van der Waals surface area contributed by atoms with E-state index in [4.69, 9.17) is 0 Å². The second-order valence-corrected chi connectivity index (χ2v) is 4.93. The molecule has 0 saturated heterocycles. The van der Waals surface area contributed by atoms with Crippen LogP contribution in [0.3, 0.4) is 0 Å². The third-order valence-corrected chi connectivity index (χ3v) is 3.64. The van der Waals surface area contributed by atoms with Gasteiger partial charge >= 0.3 is 0 Å². The SMILES string of the molecule is Cc1c(O)cccc1C(=O)N(C)CC1CCC1. The zero-order chi connectivity index (χ0) is 12.4. The van der Waals surface area contributed by atoms with Gasteiger partial charge in [-0.25, -0.2) is 0 Å². The molecule has 1 amide bonds. The Balaban J connectivity index is 2.09. The van der Waals surface area contributed by atoms with Gasteiger partial charge in [-0.05, 0) is 37.8 Å². The molecular weight excluding hydrogens is 214 g/mol. The topological polar surface area (TPSA) is 40.5 Å². The van der Waals surface area contributed by atoms with Crippen molar-refractivity contribution in [1.82, 2.24) is 4.90 Å². The van der Waals surface area contributed by atoms with Crippen LogP contribution in [0.1, 0.15) is 35.2 Å². The molecule has 0 bridgehead atoms. The maximum atomic E-state index is 12.2. The van der Waals surface area contributed by atoms with Gasteiger partial charge in [0.05, 0.1) is 0 Å². The minimum absolute atomic E-state index is 0.00491. The molecule has 3 nitrogen and oxygen atoms in total. The first kappa shape index (κ1) is 12.0. The van der Waals surface area contributed by atoms with Crippen molar-refractivity contribution >= 4 is 5.91 Å². The van der Waals surface area contributed by atoms with Crippen molar-refractivity contribution < 1.29 is 9.90 Å². The van der Waals surface area contributed by atoms with Crippen LogP contribution in [0.4, 0.5) is 0 Å². The highest BCUT2D eigenvalue weighted by Gasteiger charge is 2.23.